The zero-order chi connectivity index (χ0) is 7.84. The SMILES string of the molecule is C[C@@H]1CC[C@H]2CC(=O)O[C@@H]2C1. The predicted molar refractivity (Wildman–Crippen MR) is 41.0 cm³/mol. The zero-order valence-corrected chi connectivity index (χ0v) is 6.88. The molecule has 3 atom stereocenters. The van der Waals surface area contributed by atoms with E-state index >= 15 is 0 Å². The molecule has 0 radical (unpaired) electrons. The van der Waals surface area contributed by atoms with Gasteiger partial charge in [0.15, 0.2) is 0 Å². The van der Waals surface area contributed by atoms with E-state index in [-0.39, 0.29) is 12.1 Å². The summed E-state index contributed by atoms with van der Waals surface area (Å²) in [4.78, 5) is 10.9. The van der Waals surface area contributed by atoms with Gasteiger partial charge in [-0.1, -0.05) is 13.3 Å². The highest BCUT2D eigenvalue weighted by Gasteiger charge is 2.38. The number of hydrogen-bond donors (Lipinski definition) is 0. The Morgan fingerprint density at radius 2 is 2.27 bits per heavy atom. The average molecular weight is 154 g/mol. The van der Waals surface area contributed by atoms with Crippen molar-refractivity contribution in [3.63, 3.8) is 0 Å². The Morgan fingerprint density at radius 1 is 1.45 bits per heavy atom. The number of fused-ring (bicyclic) bond motifs is 1. The Bertz CT molecular complexity index is 176. The van der Waals surface area contributed by atoms with Crippen LogP contribution in [0.1, 0.15) is 32.6 Å². The summed E-state index contributed by atoms with van der Waals surface area (Å²) in [7, 11) is 0. The van der Waals surface area contributed by atoms with Crippen LogP contribution >= 0.6 is 0 Å². The van der Waals surface area contributed by atoms with Crippen LogP contribution in [0.2, 0.25) is 0 Å². The molecule has 1 aliphatic heterocycles. The predicted octanol–water partition coefficient (Wildman–Crippen LogP) is 1.74. The van der Waals surface area contributed by atoms with Gasteiger partial charge in [0, 0.05) is 5.92 Å². The molecule has 0 aromatic rings. The summed E-state index contributed by atoms with van der Waals surface area (Å²) in [5, 5.41) is 0. The minimum absolute atomic E-state index is 0.0223. The number of carbonyl (C=O) groups is 1. The summed E-state index contributed by atoms with van der Waals surface area (Å²) in [6, 6.07) is 0. The van der Waals surface area contributed by atoms with Gasteiger partial charge >= 0.3 is 5.97 Å². The van der Waals surface area contributed by atoms with Crippen molar-refractivity contribution in [2.24, 2.45) is 11.8 Å². The van der Waals surface area contributed by atoms with Gasteiger partial charge in [0.1, 0.15) is 6.10 Å². The van der Waals surface area contributed by atoms with E-state index < -0.39 is 0 Å². The average Bonchev–Trinajstić information content (AvgIpc) is 2.27. The third-order valence-electron chi connectivity index (χ3n) is 2.90. The molecule has 11 heavy (non-hydrogen) atoms. The van der Waals surface area contributed by atoms with Crippen LogP contribution in [0.3, 0.4) is 0 Å². The van der Waals surface area contributed by atoms with Gasteiger partial charge in [-0.25, -0.2) is 0 Å². The lowest BCUT2D eigenvalue weighted by atomic mass is 9.81. The number of carbonyl (C=O) groups excluding carboxylic acids is 1. The van der Waals surface area contributed by atoms with Crippen LogP contribution in [0.4, 0.5) is 0 Å². The molecule has 0 spiro atoms. The number of hydrogen-bond acceptors (Lipinski definition) is 2. The molecular formula is C9H14O2. The third kappa shape index (κ3) is 1.26. The highest BCUT2D eigenvalue weighted by atomic mass is 16.5. The van der Waals surface area contributed by atoms with Gasteiger partial charge in [-0.05, 0) is 18.8 Å². The van der Waals surface area contributed by atoms with E-state index in [0.717, 1.165) is 12.3 Å². The molecule has 2 fully saturated rings. The van der Waals surface area contributed by atoms with Crippen molar-refractivity contribution < 1.29 is 9.53 Å². The van der Waals surface area contributed by atoms with Crippen molar-refractivity contribution in [2.75, 3.05) is 0 Å². The normalized spacial score (nSPS) is 43.4. The standard InChI is InChI=1S/C9H14O2/c1-6-2-3-7-5-9(10)11-8(7)4-6/h6-8H,2-5H2,1H3/t6-,7+,8-/m1/s1. The fraction of sp³-hybridized carbons (Fsp3) is 0.889. The first kappa shape index (κ1) is 7.14. The fourth-order valence-electron chi connectivity index (χ4n) is 2.20. The lowest BCUT2D eigenvalue weighted by Crippen LogP contribution is -2.24. The van der Waals surface area contributed by atoms with Crippen LogP contribution in [-0.2, 0) is 9.53 Å². The molecule has 0 bridgehead atoms. The molecule has 1 heterocycles. The first-order valence-electron chi connectivity index (χ1n) is 4.45. The molecule has 1 aliphatic carbocycles. The van der Waals surface area contributed by atoms with Gasteiger partial charge < -0.3 is 4.74 Å². The van der Waals surface area contributed by atoms with E-state index in [1.165, 1.54) is 12.8 Å². The van der Waals surface area contributed by atoms with E-state index in [9.17, 15) is 4.79 Å². The monoisotopic (exact) mass is 154 g/mol. The zero-order valence-electron chi connectivity index (χ0n) is 6.88. The molecule has 0 aromatic heterocycles. The van der Waals surface area contributed by atoms with Crippen LogP contribution < -0.4 is 0 Å². The maximum atomic E-state index is 10.9. The first-order valence-corrected chi connectivity index (χ1v) is 4.45. The topological polar surface area (TPSA) is 26.3 Å². The minimum Gasteiger partial charge on any atom is -0.462 e. The second kappa shape index (κ2) is 2.50. The lowest BCUT2D eigenvalue weighted by Gasteiger charge is -2.27. The molecule has 0 unspecified atom stereocenters. The second-order valence-corrected chi connectivity index (χ2v) is 3.91. The Balaban J connectivity index is 2.02. The summed E-state index contributed by atoms with van der Waals surface area (Å²) in [6.45, 7) is 2.24. The minimum atomic E-state index is 0.0223. The maximum Gasteiger partial charge on any atom is 0.306 e. The quantitative estimate of drug-likeness (QED) is 0.497. The first-order chi connectivity index (χ1) is 5.25. The molecule has 2 rings (SSSR count). The van der Waals surface area contributed by atoms with Gasteiger partial charge in [0.05, 0.1) is 6.42 Å². The van der Waals surface area contributed by atoms with Crippen molar-refractivity contribution in [3.05, 3.63) is 0 Å². The number of ether oxygens (including phenoxy) is 1. The molecule has 1 saturated carbocycles. The summed E-state index contributed by atoms with van der Waals surface area (Å²) >= 11 is 0. The van der Waals surface area contributed by atoms with Gasteiger partial charge in [0.2, 0.25) is 0 Å². The summed E-state index contributed by atoms with van der Waals surface area (Å²) in [6.07, 6.45) is 4.51. The fourth-order valence-corrected chi connectivity index (χ4v) is 2.20. The maximum absolute atomic E-state index is 10.9. The van der Waals surface area contributed by atoms with Crippen molar-refractivity contribution in [1.82, 2.24) is 0 Å². The Hall–Kier alpha value is -0.530. The third-order valence-corrected chi connectivity index (χ3v) is 2.90. The van der Waals surface area contributed by atoms with Gasteiger partial charge in [-0.15, -0.1) is 0 Å². The van der Waals surface area contributed by atoms with Gasteiger partial charge in [0.25, 0.3) is 0 Å². The van der Waals surface area contributed by atoms with Crippen molar-refractivity contribution >= 4 is 5.97 Å². The highest BCUT2D eigenvalue weighted by molar-refractivity contribution is 5.72. The van der Waals surface area contributed by atoms with Crippen LogP contribution in [0.25, 0.3) is 0 Å². The van der Waals surface area contributed by atoms with E-state index in [2.05, 4.69) is 6.92 Å². The molecule has 62 valence electrons. The molecular weight excluding hydrogens is 140 g/mol. The van der Waals surface area contributed by atoms with Crippen LogP contribution in [0, 0.1) is 11.8 Å². The summed E-state index contributed by atoms with van der Waals surface area (Å²) in [5.74, 6) is 1.33. The smallest absolute Gasteiger partial charge is 0.306 e. The van der Waals surface area contributed by atoms with Crippen molar-refractivity contribution in [1.29, 1.82) is 0 Å². The van der Waals surface area contributed by atoms with Gasteiger partial charge in [-0.3, -0.25) is 4.79 Å². The van der Waals surface area contributed by atoms with E-state index in [1.54, 1.807) is 0 Å². The molecule has 0 aromatic carbocycles. The second-order valence-electron chi connectivity index (χ2n) is 3.91. The lowest BCUT2D eigenvalue weighted by molar-refractivity contribution is -0.142. The molecule has 0 amide bonds. The van der Waals surface area contributed by atoms with Gasteiger partial charge in [-0.2, -0.15) is 0 Å². The van der Waals surface area contributed by atoms with Crippen molar-refractivity contribution in [3.8, 4) is 0 Å². The molecule has 1 saturated heterocycles. The van der Waals surface area contributed by atoms with Crippen LogP contribution in [0.15, 0.2) is 0 Å². The van der Waals surface area contributed by atoms with E-state index in [0.29, 0.717) is 12.3 Å². The summed E-state index contributed by atoms with van der Waals surface area (Å²) in [5.41, 5.74) is 0. The number of esters is 1. The van der Waals surface area contributed by atoms with E-state index in [1.807, 2.05) is 0 Å². The molecule has 2 aliphatic rings. The molecule has 2 nitrogen and oxygen atoms in total. The van der Waals surface area contributed by atoms with Crippen LogP contribution in [-0.4, -0.2) is 12.1 Å². The molecule has 2 heteroatoms. The van der Waals surface area contributed by atoms with Crippen LogP contribution in [0.5, 0.6) is 0 Å². The number of rotatable bonds is 0. The largest absolute Gasteiger partial charge is 0.462 e. The van der Waals surface area contributed by atoms with Crippen molar-refractivity contribution in [2.45, 2.75) is 38.7 Å². The Kier molecular flexibility index (Phi) is 1.63. The summed E-state index contributed by atoms with van der Waals surface area (Å²) < 4.78 is 5.20. The Labute approximate surface area is 66.9 Å². The van der Waals surface area contributed by atoms with E-state index in [4.69, 9.17) is 4.74 Å². The Morgan fingerprint density at radius 3 is 3.09 bits per heavy atom. The molecule has 0 N–H and O–H groups in total. The highest BCUT2D eigenvalue weighted by Crippen LogP contribution is 2.37.